The summed E-state index contributed by atoms with van der Waals surface area (Å²) in [6, 6.07) is 15.8. The van der Waals surface area contributed by atoms with E-state index in [1.807, 2.05) is 30.3 Å². The first-order valence-corrected chi connectivity index (χ1v) is 10.7. The van der Waals surface area contributed by atoms with E-state index in [-0.39, 0.29) is 31.4 Å². The average molecular weight is 428 g/mol. The van der Waals surface area contributed by atoms with Crippen molar-refractivity contribution in [3.05, 3.63) is 103 Å². The highest BCUT2D eigenvalue weighted by atomic mass is 31.2. The quantitative estimate of drug-likeness (QED) is 0.255. The molecule has 1 atom stereocenters. The molecule has 0 aromatic heterocycles. The standard InChI is InChI=1S/C23H25O6P/c1-4-5-9-19(2)17-27-30(25,28-18-21-10-7-6-8-11-21)29-22-14-12-20(13-15-22)16-23(24)26-3/h4-15H,1-2,16-18H2,3H3. The first kappa shape index (κ1) is 23.4. The summed E-state index contributed by atoms with van der Waals surface area (Å²) in [6.07, 6.45) is 5.12. The van der Waals surface area contributed by atoms with Crippen molar-refractivity contribution in [2.24, 2.45) is 0 Å². The Balaban J connectivity index is 2.10. The van der Waals surface area contributed by atoms with Gasteiger partial charge in [-0.05, 0) is 28.8 Å². The molecular weight excluding hydrogens is 403 g/mol. The third-order valence-corrected chi connectivity index (χ3v) is 5.15. The molecule has 2 aromatic rings. The van der Waals surface area contributed by atoms with Crippen LogP contribution in [0, 0.1) is 0 Å². The molecule has 0 amide bonds. The van der Waals surface area contributed by atoms with Crippen LogP contribution in [0.1, 0.15) is 11.1 Å². The molecule has 0 radical (unpaired) electrons. The molecule has 2 aromatic carbocycles. The van der Waals surface area contributed by atoms with Crippen LogP contribution in [0.15, 0.2) is 91.6 Å². The maximum absolute atomic E-state index is 13.2. The third-order valence-electron chi connectivity index (χ3n) is 3.82. The maximum Gasteiger partial charge on any atom is 0.530 e. The first-order chi connectivity index (χ1) is 14.4. The lowest BCUT2D eigenvalue weighted by Crippen LogP contribution is -2.06. The summed E-state index contributed by atoms with van der Waals surface area (Å²) < 4.78 is 34.5. The number of ether oxygens (including phenoxy) is 1. The van der Waals surface area contributed by atoms with E-state index in [4.69, 9.17) is 13.6 Å². The van der Waals surface area contributed by atoms with E-state index < -0.39 is 7.82 Å². The minimum absolute atomic E-state index is 0.0448. The van der Waals surface area contributed by atoms with Crippen LogP contribution in [-0.2, 0) is 36.2 Å². The van der Waals surface area contributed by atoms with Gasteiger partial charge < -0.3 is 9.26 Å². The van der Waals surface area contributed by atoms with Gasteiger partial charge >= 0.3 is 13.8 Å². The Morgan fingerprint density at radius 3 is 2.37 bits per heavy atom. The van der Waals surface area contributed by atoms with E-state index in [1.165, 1.54) is 7.11 Å². The van der Waals surface area contributed by atoms with Crippen molar-refractivity contribution >= 4 is 13.8 Å². The lowest BCUT2D eigenvalue weighted by Gasteiger charge is -2.19. The van der Waals surface area contributed by atoms with Gasteiger partial charge in [-0.25, -0.2) is 4.57 Å². The van der Waals surface area contributed by atoms with E-state index in [1.54, 1.807) is 42.5 Å². The molecule has 2 rings (SSSR count). The number of hydrogen-bond donors (Lipinski definition) is 0. The van der Waals surface area contributed by atoms with Gasteiger partial charge in [-0.3, -0.25) is 13.8 Å². The van der Waals surface area contributed by atoms with Crippen molar-refractivity contribution in [2.75, 3.05) is 13.7 Å². The largest absolute Gasteiger partial charge is 0.530 e. The van der Waals surface area contributed by atoms with Crippen LogP contribution in [0.3, 0.4) is 0 Å². The predicted molar refractivity (Wildman–Crippen MR) is 116 cm³/mol. The monoisotopic (exact) mass is 428 g/mol. The van der Waals surface area contributed by atoms with Gasteiger partial charge in [-0.15, -0.1) is 0 Å². The smallest absolute Gasteiger partial charge is 0.469 e. The number of methoxy groups -OCH3 is 1. The summed E-state index contributed by atoms with van der Waals surface area (Å²) in [7, 11) is -2.62. The Hall–Kier alpha value is -2.92. The van der Waals surface area contributed by atoms with Gasteiger partial charge in [0, 0.05) is 0 Å². The molecular formula is C23H25O6P. The zero-order chi connectivity index (χ0) is 21.8. The zero-order valence-corrected chi connectivity index (χ0v) is 17.8. The van der Waals surface area contributed by atoms with Crippen molar-refractivity contribution in [3.8, 4) is 5.75 Å². The van der Waals surface area contributed by atoms with Crippen molar-refractivity contribution in [1.29, 1.82) is 0 Å². The summed E-state index contributed by atoms with van der Waals surface area (Å²) in [6.45, 7) is 7.43. The van der Waals surface area contributed by atoms with E-state index in [9.17, 15) is 9.36 Å². The van der Waals surface area contributed by atoms with Crippen molar-refractivity contribution in [3.63, 3.8) is 0 Å². The van der Waals surface area contributed by atoms with Gasteiger partial charge in [0.15, 0.2) is 0 Å². The molecule has 158 valence electrons. The van der Waals surface area contributed by atoms with Gasteiger partial charge in [0.1, 0.15) is 5.75 Å². The summed E-state index contributed by atoms with van der Waals surface area (Å²) in [4.78, 5) is 11.4. The predicted octanol–water partition coefficient (Wildman–Crippen LogP) is 5.42. The van der Waals surface area contributed by atoms with Crippen molar-refractivity contribution < 1.29 is 27.7 Å². The number of allylic oxidation sites excluding steroid dienone is 2. The summed E-state index contributed by atoms with van der Waals surface area (Å²) in [5.41, 5.74) is 2.14. The Morgan fingerprint density at radius 2 is 1.73 bits per heavy atom. The Labute approximate surface area is 177 Å². The van der Waals surface area contributed by atoms with E-state index in [0.29, 0.717) is 5.57 Å². The van der Waals surface area contributed by atoms with Gasteiger partial charge in [0.05, 0.1) is 26.7 Å². The molecule has 0 saturated carbocycles. The van der Waals surface area contributed by atoms with Crippen LogP contribution in [0.25, 0.3) is 0 Å². The van der Waals surface area contributed by atoms with Crippen LogP contribution in [0.2, 0.25) is 0 Å². The van der Waals surface area contributed by atoms with Gasteiger partial charge in [-0.2, -0.15) is 0 Å². The fraction of sp³-hybridized carbons (Fsp3) is 0.174. The molecule has 0 aliphatic heterocycles. The Morgan fingerprint density at radius 1 is 1.03 bits per heavy atom. The van der Waals surface area contributed by atoms with Crippen LogP contribution in [-0.4, -0.2) is 19.7 Å². The number of carbonyl (C=O) groups is 1. The normalized spacial score (nSPS) is 12.8. The summed E-state index contributed by atoms with van der Waals surface area (Å²) >= 11 is 0. The number of hydrogen-bond acceptors (Lipinski definition) is 6. The lowest BCUT2D eigenvalue weighted by molar-refractivity contribution is -0.139. The average Bonchev–Trinajstić information content (AvgIpc) is 2.77. The van der Waals surface area contributed by atoms with Gasteiger partial charge in [0.25, 0.3) is 0 Å². The second kappa shape index (κ2) is 11.9. The fourth-order valence-electron chi connectivity index (χ4n) is 2.27. The molecule has 0 aliphatic carbocycles. The number of phosphoric acid groups is 1. The molecule has 0 fully saturated rings. The number of esters is 1. The van der Waals surface area contributed by atoms with Crippen LogP contribution in [0.5, 0.6) is 5.75 Å². The topological polar surface area (TPSA) is 71.1 Å². The highest BCUT2D eigenvalue weighted by Crippen LogP contribution is 2.50. The minimum atomic E-state index is -3.95. The van der Waals surface area contributed by atoms with Crippen molar-refractivity contribution in [2.45, 2.75) is 13.0 Å². The SMILES string of the molecule is C=CC=CC(=C)COP(=O)(OCc1ccccc1)Oc1ccc(CC(=O)OC)cc1. The fourth-order valence-corrected chi connectivity index (χ4v) is 3.46. The molecule has 0 heterocycles. The molecule has 0 bridgehead atoms. The van der Waals surface area contributed by atoms with Gasteiger partial charge in [0.2, 0.25) is 0 Å². The second-order valence-corrected chi connectivity index (χ2v) is 7.81. The number of benzene rings is 2. The molecule has 6 nitrogen and oxygen atoms in total. The number of phosphoric ester groups is 1. The Bertz CT molecular complexity index is 918. The molecule has 0 aliphatic rings. The summed E-state index contributed by atoms with van der Waals surface area (Å²) in [5.74, 6) is -0.0674. The van der Waals surface area contributed by atoms with Crippen LogP contribution < -0.4 is 4.52 Å². The molecule has 0 N–H and O–H groups in total. The molecule has 0 saturated heterocycles. The highest BCUT2D eigenvalue weighted by Gasteiger charge is 2.29. The second-order valence-electron chi connectivity index (χ2n) is 6.22. The lowest BCUT2D eigenvalue weighted by atomic mass is 10.1. The van der Waals surface area contributed by atoms with Crippen LogP contribution in [0.4, 0.5) is 0 Å². The molecule has 7 heteroatoms. The third kappa shape index (κ3) is 8.21. The van der Waals surface area contributed by atoms with Crippen LogP contribution >= 0.6 is 7.82 Å². The molecule has 30 heavy (non-hydrogen) atoms. The van der Waals surface area contributed by atoms with E-state index in [2.05, 4.69) is 17.9 Å². The number of rotatable bonds is 12. The first-order valence-electron chi connectivity index (χ1n) is 9.19. The number of carbonyl (C=O) groups excluding carboxylic acids is 1. The highest BCUT2D eigenvalue weighted by molar-refractivity contribution is 7.48. The van der Waals surface area contributed by atoms with E-state index >= 15 is 0 Å². The zero-order valence-electron chi connectivity index (χ0n) is 16.9. The van der Waals surface area contributed by atoms with Gasteiger partial charge in [-0.1, -0.05) is 73.9 Å². The van der Waals surface area contributed by atoms with E-state index in [0.717, 1.165) is 11.1 Å². The Kier molecular flexibility index (Phi) is 9.29. The summed E-state index contributed by atoms with van der Waals surface area (Å²) in [5, 5.41) is 0. The maximum atomic E-state index is 13.2. The molecule has 0 spiro atoms. The van der Waals surface area contributed by atoms with Crippen molar-refractivity contribution in [1.82, 2.24) is 0 Å². The minimum Gasteiger partial charge on any atom is -0.469 e. The molecule has 1 unspecified atom stereocenters.